The minimum absolute atomic E-state index is 0.170. The van der Waals surface area contributed by atoms with Gasteiger partial charge >= 0.3 is 5.97 Å². The molecule has 0 spiro atoms. The van der Waals surface area contributed by atoms with Crippen LogP contribution in [0.4, 0.5) is 11.4 Å². The summed E-state index contributed by atoms with van der Waals surface area (Å²) in [6.45, 7) is 9.34. The number of hydrogen-bond acceptors (Lipinski definition) is 4. The zero-order valence-electron chi connectivity index (χ0n) is 13.0. The molecule has 1 aliphatic heterocycles. The second-order valence-corrected chi connectivity index (χ2v) is 6.31. The molecule has 0 N–H and O–H groups in total. The first-order valence-corrected chi connectivity index (χ1v) is 7.09. The van der Waals surface area contributed by atoms with E-state index in [0.717, 1.165) is 24.5 Å². The quantitative estimate of drug-likeness (QED) is 0.778. The third-order valence-electron chi connectivity index (χ3n) is 3.49. The molecule has 110 valence electrons. The molecule has 1 aliphatic rings. The van der Waals surface area contributed by atoms with Gasteiger partial charge in [0.05, 0.1) is 11.4 Å². The fourth-order valence-corrected chi connectivity index (χ4v) is 2.45. The van der Waals surface area contributed by atoms with Crippen LogP contribution < -0.4 is 9.80 Å². The molecule has 0 radical (unpaired) electrons. The van der Waals surface area contributed by atoms with Crippen LogP contribution in [0.5, 0.6) is 0 Å². The minimum atomic E-state index is -0.447. The van der Waals surface area contributed by atoms with Crippen molar-refractivity contribution in [2.45, 2.75) is 39.3 Å². The Hall–Kier alpha value is -1.71. The summed E-state index contributed by atoms with van der Waals surface area (Å²) < 4.78 is 5.50. The summed E-state index contributed by atoms with van der Waals surface area (Å²) in [4.78, 5) is 16.6. The van der Waals surface area contributed by atoms with Gasteiger partial charge in [0.25, 0.3) is 0 Å². The van der Waals surface area contributed by atoms with Gasteiger partial charge in [0.1, 0.15) is 11.6 Å². The fourth-order valence-electron chi connectivity index (χ4n) is 2.45. The molecular weight excluding hydrogens is 252 g/mol. The number of nitrogens with zero attached hydrogens (tertiary/aromatic N) is 2. The third-order valence-corrected chi connectivity index (χ3v) is 3.49. The van der Waals surface area contributed by atoms with Crippen LogP contribution >= 0.6 is 0 Å². The lowest BCUT2D eigenvalue weighted by Crippen LogP contribution is -2.48. The Kier molecular flexibility index (Phi) is 3.93. The Labute approximate surface area is 121 Å². The largest absolute Gasteiger partial charge is 0.458 e. The molecule has 0 bridgehead atoms. The molecule has 0 aliphatic carbocycles. The normalized spacial score (nSPS) is 16.6. The SMILES string of the molecule is CC(C(=O)OC(C)(C)C)N1CCN(C)c2ccccc21. The maximum atomic E-state index is 12.3. The number of para-hydroxylation sites is 2. The molecule has 20 heavy (non-hydrogen) atoms. The lowest BCUT2D eigenvalue weighted by Gasteiger charge is -2.40. The molecule has 4 nitrogen and oxygen atoms in total. The molecule has 0 saturated heterocycles. The topological polar surface area (TPSA) is 32.8 Å². The van der Waals surface area contributed by atoms with E-state index in [1.165, 1.54) is 0 Å². The van der Waals surface area contributed by atoms with Gasteiger partial charge in [0, 0.05) is 20.1 Å². The Balaban J connectivity index is 2.22. The number of benzene rings is 1. The van der Waals surface area contributed by atoms with Crippen molar-refractivity contribution < 1.29 is 9.53 Å². The van der Waals surface area contributed by atoms with Gasteiger partial charge in [0.15, 0.2) is 0 Å². The predicted octanol–water partition coefficient (Wildman–Crippen LogP) is 2.67. The molecule has 1 aromatic carbocycles. The number of rotatable bonds is 2. The standard InChI is InChI=1S/C16H24N2O2/c1-12(15(19)20-16(2,3)4)18-11-10-17(5)13-8-6-7-9-14(13)18/h6-9,12H,10-11H2,1-5H3. The van der Waals surface area contributed by atoms with Crippen LogP contribution in [0.25, 0.3) is 0 Å². The van der Waals surface area contributed by atoms with Crippen molar-refractivity contribution >= 4 is 17.3 Å². The molecule has 1 heterocycles. The van der Waals surface area contributed by atoms with E-state index in [1.54, 1.807) is 0 Å². The molecule has 0 fully saturated rings. The Morgan fingerprint density at radius 2 is 1.80 bits per heavy atom. The van der Waals surface area contributed by atoms with Gasteiger partial charge < -0.3 is 14.5 Å². The van der Waals surface area contributed by atoms with E-state index < -0.39 is 5.60 Å². The Bertz CT molecular complexity index is 493. The number of ether oxygens (including phenoxy) is 1. The van der Waals surface area contributed by atoms with Gasteiger partial charge in [-0.3, -0.25) is 0 Å². The van der Waals surface area contributed by atoms with Gasteiger partial charge in [-0.05, 0) is 39.8 Å². The molecule has 0 amide bonds. The van der Waals surface area contributed by atoms with Crippen molar-refractivity contribution in [2.24, 2.45) is 0 Å². The zero-order valence-corrected chi connectivity index (χ0v) is 13.0. The van der Waals surface area contributed by atoms with Gasteiger partial charge in [-0.2, -0.15) is 0 Å². The second-order valence-electron chi connectivity index (χ2n) is 6.31. The number of hydrogen-bond donors (Lipinski definition) is 0. The van der Waals surface area contributed by atoms with E-state index in [2.05, 4.69) is 29.0 Å². The molecule has 0 aromatic heterocycles. The van der Waals surface area contributed by atoms with Crippen molar-refractivity contribution in [1.29, 1.82) is 0 Å². The maximum Gasteiger partial charge on any atom is 0.328 e. The molecular formula is C16H24N2O2. The summed E-state index contributed by atoms with van der Waals surface area (Å²) in [7, 11) is 2.08. The summed E-state index contributed by atoms with van der Waals surface area (Å²) in [5, 5.41) is 0. The lowest BCUT2D eigenvalue weighted by molar-refractivity contribution is -0.156. The molecule has 0 saturated carbocycles. The first-order chi connectivity index (χ1) is 9.29. The monoisotopic (exact) mass is 276 g/mol. The summed E-state index contributed by atoms with van der Waals surface area (Å²) in [5.41, 5.74) is 1.81. The van der Waals surface area contributed by atoms with Gasteiger partial charge in [-0.15, -0.1) is 0 Å². The van der Waals surface area contributed by atoms with Gasteiger partial charge in [-0.1, -0.05) is 12.1 Å². The highest BCUT2D eigenvalue weighted by Gasteiger charge is 2.30. The number of carbonyl (C=O) groups excluding carboxylic acids is 1. The van der Waals surface area contributed by atoms with Crippen molar-refractivity contribution in [3.05, 3.63) is 24.3 Å². The van der Waals surface area contributed by atoms with Gasteiger partial charge in [0.2, 0.25) is 0 Å². The average molecular weight is 276 g/mol. The summed E-state index contributed by atoms with van der Waals surface area (Å²) >= 11 is 0. The fraction of sp³-hybridized carbons (Fsp3) is 0.562. The number of fused-ring (bicyclic) bond motifs is 1. The van der Waals surface area contributed by atoms with Crippen LogP contribution in [0.15, 0.2) is 24.3 Å². The van der Waals surface area contributed by atoms with E-state index in [9.17, 15) is 4.79 Å². The zero-order chi connectivity index (χ0) is 14.9. The van der Waals surface area contributed by atoms with Crippen LogP contribution in [0.3, 0.4) is 0 Å². The third kappa shape index (κ3) is 3.06. The van der Waals surface area contributed by atoms with Crippen LogP contribution in [0, 0.1) is 0 Å². The van der Waals surface area contributed by atoms with E-state index in [4.69, 9.17) is 4.74 Å². The molecule has 4 heteroatoms. The second kappa shape index (κ2) is 5.35. The molecule has 1 atom stereocenters. The van der Waals surface area contributed by atoms with Crippen molar-refractivity contribution in [3.63, 3.8) is 0 Å². The number of esters is 1. The number of carbonyl (C=O) groups is 1. The summed E-state index contributed by atoms with van der Waals surface area (Å²) in [6, 6.07) is 7.91. The lowest BCUT2D eigenvalue weighted by atomic mass is 10.1. The Morgan fingerprint density at radius 1 is 1.20 bits per heavy atom. The first kappa shape index (κ1) is 14.7. The van der Waals surface area contributed by atoms with Crippen LogP contribution in [-0.2, 0) is 9.53 Å². The van der Waals surface area contributed by atoms with Crippen LogP contribution in [0.1, 0.15) is 27.7 Å². The summed E-state index contributed by atoms with van der Waals surface area (Å²) in [6.07, 6.45) is 0. The summed E-state index contributed by atoms with van der Waals surface area (Å²) in [5.74, 6) is -0.170. The first-order valence-electron chi connectivity index (χ1n) is 7.09. The predicted molar refractivity (Wildman–Crippen MR) is 82.4 cm³/mol. The highest BCUT2D eigenvalue weighted by atomic mass is 16.6. The molecule has 1 aromatic rings. The van der Waals surface area contributed by atoms with Gasteiger partial charge in [-0.25, -0.2) is 4.79 Å². The Morgan fingerprint density at radius 3 is 2.40 bits per heavy atom. The maximum absolute atomic E-state index is 12.3. The minimum Gasteiger partial charge on any atom is -0.458 e. The number of anilines is 2. The average Bonchev–Trinajstić information content (AvgIpc) is 2.37. The molecule has 1 unspecified atom stereocenters. The van der Waals surface area contributed by atoms with E-state index in [-0.39, 0.29) is 12.0 Å². The van der Waals surface area contributed by atoms with E-state index in [0.29, 0.717) is 0 Å². The van der Waals surface area contributed by atoms with Crippen molar-refractivity contribution in [1.82, 2.24) is 0 Å². The van der Waals surface area contributed by atoms with E-state index in [1.807, 2.05) is 39.8 Å². The smallest absolute Gasteiger partial charge is 0.328 e. The van der Waals surface area contributed by atoms with E-state index >= 15 is 0 Å². The van der Waals surface area contributed by atoms with Crippen LogP contribution in [-0.4, -0.2) is 37.7 Å². The number of likely N-dealkylation sites (N-methyl/N-ethyl adjacent to an activating group) is 1. The van der Waals surface area contributed by atoms with Crippen LogP contribution in [0.2, 0.25) is 0 Å². The highest BCUT2D eigenvalue weighted by molar-refractivity contribution is 5.84. The highest BCUT2D eigenvalue weighted by Crippen LogP contribution is 2.33. The van der Waals surface area contributed by atoms with Crippen molar-refractivity contribution in [3.8, 4) is 0 Å². The van der Waals surface area contributed by atoms with Crippen molar-refractivity contribution in [2.75, 3.05) is 29.9 Å². The molecule has 2 rings (SSSR count).